The summed E-state index contributed by atoms with van der Waals surface area (Å²) < 4.78 is 3.18. The fraction of sp³-hybridized carbons (Fsp3) is 0. The molecule has 0 amide bonds. The third-order valence-corrected chi connectivity index (χ3v) is 5.10. The maximum atomic E-state index is 12.8. The van der Waals surface area contributed by atoms with Crippen LogP contribution in [0.15, 0.2) is 75.6 Å². The molecule has 0 saturated carbocycles. The molecule has 0 fully saturated rings. The molecular formula is C18H11BrN2OS. The van der Waals surface area contributed by atoms with E-state index in [2.05, 4.69) is 20.9 Å². The smallest absolute Gasteiger partial charge is 0.267 e. The first-order chi connectivity index (χ1) is 11.2. The molecule has 2 heterocycles. The van der Waals surface area contributed by atoms with Gasteiger partial charge in [-0.1, -0.05) is 52.3 Å². The van der Waals surface area contributed by atoms with Crippen LogP contribution in [-0.4, -0.2) is 9.55 Å². The number of benzene rings is 2. The van der Waals surface area contributed by atoms with Gasteiger partial charge in [-0.25, -0.2) is 4.98 Å². The van der Waals surface area contributed by atoms with Crippen molar-refractivity contribution in [2.24, 2.45) is 0 Å². The van der Waals surface area contributed by atoms with Crippen molar-refractivity contribution in [3.05, 3.63) is 81.1 Å². The lowest BCUT2D eigenvalue weighted by Gasteiger charge is -2.06. The van der Waals surface area contributed by atoms with Gasteiger partial charge in [0, 0.05) is 15.4 Å². The lowest BCUT2D eigenvalue weighted by atomic mass is 10.1. The van der Waals surface area contributed by atoms with Gasteiger partial charge in [0.25, 0.3) is 5.56 Å². The zero-order valence-electron chi connectivity index (χ0n) is 11.9. The number of aromatic nitrogens is 2. The Morgan fingerprint density at radius 3 is 2.65 bits per heavy atom. The fourth-order valence-corrected chi connectivity index (χ4v) is 3.89. The van der Waals surface area contributed by atoms with Gasteiger partial charge in [0.15, 0.2) is 0 Å². The molecule has 0 atom stereocenters. The summed E-state index contributed by atoms with van der Waals surface area (Å²) in [6.07, 6.45) is 1.60. The largest absolute Gasteiger partial charge is 0.275 e. The number of rotatable bonds is 2. The summed E-state index contributed by atoms with van der Waals surface area (Å²) in [7, 11) is 0. The molecule has 0 spiro atoms. The summed E-state index contributed by atoms with van der Waals surface area (Å²) >= 11 is 4.88. The Kier molecular flexibility index (Phi) is 3.59. The van der Waals surface area contributed by atoms with E-state index in [0.717, 1.165) is 26.8 Å². The van der Waals surface area contributed by atoms with Gasteiger partial charge < -0.3 is 0 Å². The van der Waals surface area contributed by atoms with Crippen LogP contribution in [0.25, 0.3) is 27.0 Å². The minimum Gasteiger partial charge on any atom is -0.267 e. The van der Waals surface area contributed by atoms with Gasteiger partial charge in [-0.15, -0.1) is 11.3 Å². The quantitative estimate of drug-likeness (QED) is 0.495. The normalized spacial score (nSPS) is 11.0. The molecule has 0 saturated heterocycles. The molecule has 3 nitrogen and oxygen atoms in total. The second-order valence-corrected chi connectivity index (χ2v) is 6.89. The zero-order chi connectivity index (χ0) is 15.8. The summed E-state index contributed by atoms with van der Waals surface area (Å²) in [6.45, 7) is 0. The minimum absolute atomic E-state index is 0.0414. The topological polar surface area (TPSA) is 34.9 Å². The summed E-state index contributed by atoms with van der Waals surface area (Å²) in [6, 6.07) is 17.6. The number of thiophene rings is 1. The highest BCUT2D eigenvalue weighted by Crippen LogP contribution is 2.30. The van der Waals surface area contributed by atoms with Crippen LogP contribution in [0, 0.1) is 0 Å². The van der Waals surface area contributed by atoms with E-state index < -0.39 is 0 Å². The average molecular weight is 383 g/mol. The van der Waals surface area contributed by atoms with E-state index in [1.807, 2.05) is 60.0 Å². The van der Waals surface area contributed by atoms with Gasteiger partial charge in [-0.05, 0) is 23.8 Å². The van der Waals surface area contributed by atoms with Crippen LogP contribution in [0.1, 0.15) is 0 Å². The van der Waals surface area contributed by atoms with Crippen molar-refractivity contribution < 1.29 is 0 Å². The molecule has 0 bridgehead atoms. The summed E-state index contributed by atoms with van der Waals surface area (Å²) in [5.74, 6) is 0. The van der Waals surface area contributed by atoms with Crippen molar-refractivity contribution in [1.29, 1.82) is 0 Å². The van der Waals surface area contributed by atoms with Crippen LogP contribution in [0.4, 0.5) is 0 Å². The van der Waals surface area contributed by atoms with Gasteiger partial charge in [0.2, 0.25) is 0 Å². The molecule has 0 aliphatic rings. The molecule has 4 aromatic rings. The van der Waals surface area contributed by atoms with Crippen LogP contribution in [0.3, 0.4) is 0 Å². The Balaban J connectivity index is 1.93. The Labute approximate surface area is 145 Å². The van der Waals surface area contributed by atoms with Gasteiger partial charge >= 0.3 is 0 Å². The number of fused-ring (bicyclic) bond motifs is 1. The molecule has 0 N–H and O–H groups in total. The molecule has 0 unspecified atom stereocenters. The molecule has 0 aliphatic heterocycles. The average Bonchev–Trinajstić information content (AvgIpc) is 3.01. The highest BCUT2D eigenvalue weighted by Gasteiger charge is 2.13. The summed E-state index contributed by atoms with van der Waals surface area (Å²) in [5, 5.41) is 2.00. The lowest BCUT2D eigenvalue weighted by molar-refractivity contribution is 0.966. The van der Waals surface area contributed by atoms with E-state index in [1.165, 1.54) is 11.3 Å². The Bertz CT molecular complexity index is 1050. The highest BCUT2D eigenvalue weighted by molar-refractivity contribution is 9.10. The fourth-order valence-electron chi connectivity index (χ4n) is 2.54. The van der Waals surface area contributed by atoms with E-state index in [-0.39, 0.29) is 5.56 Å². The molecule has 5 heteroatoms. The van der Waals surface area contributed by atoms with Crippen LogP contribution < -0.4 is 5.56 Å². The van der Waals surface area contributed by atoms with Crippen molar-refractivity contribution in [2.75, 3.05) is 0 Å². The zero-order valence-corrected chi connectivity index (χ0v) is 14.3. The van der Waals surface area contributed by atoms with Crippen LogP contribution >= 0.6 is 27.3 Å². The number of hydrogen-bond acceptors (Lipinski definition) is 3. The van der Waals surface area contributed by atoms with Crippen molar-refractivity contribution >= 4 is 37.5 Å². The highest BCUT2D eigenvalue weighted by atomic mass is 79.9. The number of nitrogens with zero attached hydrogens (tertiary/aromatic N) is 2. The molecule has 0 aliphatic carbocycles. The maximum absolute atomic E-state index is 12.8. The van der Waals surface area contributed by atoms with Crippen molar-refractivity contribution in [2.45, 2.75) is 0 Å². The van der Waals surface area contributed by atoms with Crippen molar-refractivity contribution in [3.8, 4) is 16.8 Å². The summed E-state index contributed by atoms with van der Waals surface area (Å²) in [4.78, 5) is 17.3. The predicted octanol–water partition coefficient (Wildman–Crippen LogP) is 4.88. The van der Waals surface area contributed by atoms with E-state index in [4.69, 9.17) is 0 Å². The first kappa shape index (κ1) is 14.4. The Morgan fingerprint density at radius 2 is 1.87 bits per heavy atom. The first-order valence-electron chi connectivity index (χ1n) is 7.04. The second kappa shape index (κ2) is 5.76. The molecule has 2 aromatic carbocycles. The standard InChI is InChI=1S/C18H11BrN2OS/c19-13-7-4-8-14(9-13)21-11-20-16-15(10-23-17(16)18(21)22)12-5-2-1-3-6-12/h1-11H. The molecule has 4 rings (SSSR count). The lowest BCUT2D eigenvalue weighted by Crippen LogP contribution is -2.17. The van der Waals surface area contributed by atoms with Gasteiger partial charge in [-0.3, -0.25) is 9.36 Å². The van der Waals surface area contributed by atoms with E-state index in [0.29, 0.717) is 4.70 Å². The minimum atomic E-state index is -0.0414. The van der Waals surface area contributed by atoms with Gasteiger partial charge in [0.05, 0.1) is 11.2 Å². The first-order valence-corrected chi connectivity index (χ1v) is 8.71. The van der Waals surface area contributed by atoms with E-state index in [9.17, 15) is 4.79 Å². The van der Waals surface area contributed by atoms with Gasteiger partial charge in [-0.2, -0.15) is 0 Å². The molecular weight excluding hydrogens is 372 g/mol. The third-order valence-electron chi connectivity index (χ3n) is 3.65. The number of halogens is 1. The van der Waals surface area contributed by atoms with E-state index in [1.54, 1.807) is 10.9 Å². The van der Waals surface area contributed by atoms with Gasteiger partial charge in [0.1, 0.15) is 11.0 Å². The summed E-state index contributed by atoms with van der Waals surface area (Å²) in [5.41, 5.74) is 3.60. The molecule has 2 aromatic heterocycles. The number of hydrogen-bond donors (Lipinski definition) is 0. The van der Waals surface area contributed by atoms with Crippen molar-refractivity contribution in [3.63, 3.8) is 0 Å². The SMILES string of the molecule is O=c1c2scc(-c3ccccc3)c2ncn1-c1cccc(Br)c1. The van der Waals surface area contributed by atoms with Crippen LogP contribution in [0.5, 0.6) is 0 Å². The molecule has 112 valence electrons. The predicted molar refractivity (Wildman–Crippen MR) is 98.4 cm³/mol. The maximum Gasteiger partial charge on any atom is 0.275 e. The van der Waals surface area contributed by atoms with Crippen molar-refractivity contribution in [1.82, 2.24) is 9.55 Å². The monoisotopic (exact) mass is 382 g/mol. The Hall–Kier alpha value is -2.24. The molecule has 0 radical (unpaired) electrons. The Morgan fingerprint density at radius 1 is 1.04 bits per heavy atom. The molecule has 23 heavy (non-hydrogen) atoms. The van der Waals surface area contributed by atoms with E-state index >= 15 is 0 Å². The van der Waals surface area contributed by atoms with Crippen LogP contribution in [0.2, 0.25) is 0 Å². The second-order valence-electron chi connectivity index (χ2n) is 5.09. The third kappa shape index (κ3) is 2.52. The van der Waals surface area contributed by atoms with Crippen LogP contribution in [-0.2, 0) is 0 Å².